The summed E-state index contributed by atoms with van der Waals surface area (Å²) < 4.78 is 5.60. The van der Waals surface area contributed by atoms with Gasteiger partial charge in [-0.2, -0.15) is 0 Å². The lowest BCUT2D eigenvalue weighted by atomic mass is 10.1. The molecule has 1 radical (unpaired) electrons. The van der Waals surface area contributed by atoms with Crippen LogP contribution >= 0.6 is 0 Å². The van der Waals surface area contributed by atoms with E-state index in [1.54, 1.807) is 0 Å². The molecule has 1 aromatic rings. The zero-order chi connectivity index (χ0) is 8.97. The predicted molar refractivity (Wildman–Crippen MR) is 51.3 cm³/mol. The molecule has 0 aliphatic rings. The highest BCUT2D eigenvalue weighted by Crippen LogP contribution is 2.20. The molecule has 12 heavy (non-hydrogen) atoms. The fourth-order valence-corrected chi connectivity index (χ4v) is 1.08. The summed E-state index contributed by atoms with van der Waals surface area (Å²) in [6, 6.07) is 8.06. The Morgan fingerprint density at radius 1 is 1.25 bits per heavy atom. The van der Waals surface area contributed by atoms with E-state index in [1.165, 1.54) is 0 Å². The first kappa shape index (κ1) is 9.11. The number of hydrogen-bond acceptors (Lipinski definition) is 1. The van der Waals surface area contributed by atoms with E-state index >= 15 is 0 Å². The molecule has 1 nitrogen and oxygen atoms in total. The highest BCUT2D eigenvalue weighted by molar-refractivity contribution is 5.37. The maximum absolute atomic E-state index is 5.60. The van der Waals surface area contributed by atoms with Crippen LogP contribution < -0.4 is 4.74 Å². The van der Waals surface area contributed by atoms with Crippen LogP contribution in [0.4, 0.5) is 0 Å². The van der Waals surface area contributed by atoms with Crippen molar-refractivity contribution in [3.8, 4) is 5.75 Å². The van der Waals surface area contributed by atoms with Crippen LogP contribution in [0.3, 0.4) is 0 Å². The molecule has 0 unspecified atom stereocenters. The monoisotopic (exact) mass is 163 g/mol. The van der Waals surface area contributed by atoms with E-state index in [2.05, 4.69) is 12.5 Å². The zero-order valence-corrected chi connectivity index (χ0v) is 7.87. The molecule has 0 amide bonds. The summed E-state index contributed by atoms with van der Waals surface area (Å²) in [5.74, 6) is 0.968. The summed E-state index contributed by atoms with van der Waals surface area (Å²) in [6.45, 7) is 6.08. The van der Waals surface area contributed by atoms with Crippen molar-refractivity contribution in [2.24, 2.45) is 0 Å². The van der Waals surface area contributed by atoms with Crippen molar-refractivity contribution >= 4 is 0 Å². The zero-order valence-electron chi connectivity index (χ0n) is 7.87. The van der Waals surface area contributed by atoms with Gasteiger partial charge in [0.2, 0.25) is 0 Å². The maximum Gasteiger partial charge on any atom is 0.123 e. The molecule has 0 atom stereocenters. The topological polar surface area (TPSA) is 9.23 Å². The van der Waals surface area contributed by atoms with Crippen LogP contribution in [-0.2, 0) is 0 Å². The van der Waals surface area contributed by atoms with Crippen molar-refractivity contribution < 1.29 is 4.74 Å². The standard InChI is InChI=1S/C11H15O/c1-4-10-7-5-6-8-11(10)12-9(2)3/h4-9H,1-3H3. The van der Waals surface area contributed by atoms with Gasteiger partial charge in [-0.25, -0.2) is 0 Å². The Morgan fingerprint density at radius 3 is 2.50 bits per heavy atom. The van der Waals surface area contributed by atoms with E-state index in [0.717, 1.165) is 11.3 Å². The van der Waals surface area contributed by atoms with E-state index < -0.39 is 0 Å². The molecule has 0 aliphatic carbocycles. The van der Waals surface area contributed by atoms with E-state index in [1.807, 2.05) is 39.0 Å². The molecular weight excluding hydrogens is 148 g/mol. The first-order valence-electron chi connectivity index (χ1n) is 4.29. The molecule has 0 aromatic heterocycles. The summed E-state index contributed by atoms with van der Waals surface area (Å²) in [4.78, 5) is 0. The van der Waals surface area contributed by atoms with Gasteiger partial charge in [0.15, 0.2) is 0 Å². The lowest BCUT2D eigenvalue weighted by Gasteiger charge is -2.12. The summed E-state index contributed by atoms with van der Waals surface area (Å²) >= 11 is 0. The van der Waals surface area contributed by atoms with Crippen LogP contribution in [0.2, 0.25) is 0 Å². The second-order valence-electron chi connectivity index (χ2n) is 2.99. The summed E-state index contributed by atoms with van der Waals surface area (Å²) in [5, 5.41) is 0. The van der Waals surface area contributed by atoms with E-state index in [0.29, 0.717) is 0 Å². The molecular formula is C11H15O. The smallest absolute Gasteiger partial charge is 0.123 e. The van der Waals surface area contributed by atoms with Gasteiger partial charge in [-0.3, -0.25) is 0 Å². The number of rotatable bonds is 3. The molecule has 0 aliphatic heterocycles. The third-order valence-electron chi connectivity index (χ3n) is 1.59. The summed E-state index contributed by atoms with van der Waals surface area (Å²) in [6.07, 6.45) is 2.30. The van der Waals surface area contributed by atoms with Crippen LogP contribution in [-0.4, -0.2) is 6.10 Å². The maximum atomic E-state index is 5.60. The third kappa shape index (κ3) is 2.26. The van der Waals surface area contributed by atoms with Crippen molar-refractivity contribution in [1.29, 1.82) is 0 Å². The highest BCUT2D eigenvalue weighted by atomic mass is 16.5. The Hall–Kier alpha value is -0.980. The Bertz CT molecular complexity index is 241. The third-order valence-corrected chi connectivity index (χ3v) is 1.59. The van der Waals surface area contributed by atoms with Crippen LogP contribution in [0.15, 0.2) is 24.3 Å². The van der Waals surface area contributed by atoms with Gasteiger partial charge in [0.05, 0.1) is 6.10 Å². The molecule has 0 bridgehead atoms. The fraction of sp³-hybridized carbons (Fsp3) is 0.364. The number of ether oxygens (including phenoxy) is 1. The fourth-order valence-electron chi connectivity index (χ4n) is 1.08. The van der Waals surface area contributed by atoms with Crippen LogP contribution in [0.1, 0.15) is 26.3 Å². The van der Waals surface area contributed by atoms with Gasteiger partial charge in [0.1, 0.15) is 5.75 Å². The first-order valence-corrected chi connectivity index (χ1v) is 4.29. The van der Waals surface area contributed by atoms with Gasteiger partial charge < -0.3 is 4.74 Å². The lowest BCUT2D eigenvalue weighted by molar-refractivity contribution is 0.241. The van der Waals surface area contributed by atoms with E-state index in [-0.39, 0.29) is 6.10 Å². The molecule has 1 heteroatoms. The molecule has 65 valence electrons. The minimum absolute atomic E-state index is 0.242. The Kier molecular flexibility index (Phi) is 3.15. The predicted octanol–water partition coefficient (Wildman–Crippen LogP) is 3.05. The van der Waals surface area contributed by atoms with Crippen LogP contribution in [0, 0.1) is 6.42 Å². The average Bonchev–Trinajstić information content (AvgIpc) is 2.04. The number of benzene rings is 1. The first-order chi connectivity index (χ1) is 5.74. The molecule has 0 saturated carbocycles. The van der Waals surface area contributed by atoms with Crippen molar-refractivity contribution in [2.75, 3.05) is 0 Å². The lowest BCUT2D eigenvalue weighted by Crippen LogP contribution is -2.06. The number of para-hydroxylation sites is 1. The van der Waals surface area contributed by atoms with Gasteiger partial charge in [-0.15, -0.1) is 0 Å². The minimum Gasteiger partial charge on any atom is -0.491 e. The van der Waals surface area contributed by atoms with Gasteiger partial charge in [-0.05, 0) is 31.9 Å². The minimum atomic E-state index is 0.242. The highest BCUT2D eigenvalue weighted by Gasteiger charge is 2.01. The van der Waals surface area contributed by atoms with Crippen molar-refractivity contribution in [1.82, 2.24) is 0 Å². The van der Waals surface area contributed by atoms with Crippen molar-refractivity contribution in [3.05, 3.63) is 36.2 Å². The molecule has 1 rings (SSSR count). The Labute approximate surface area is 74.4 Å². The molecule has 0 saturated heterocycles. The van der Waals surface area contributed by atoms with Gasteiger partial charge in [0, 0.05) is 0 Å². The largest absolute Gasteiger partial charge is 0.491 e. The molecule has 0 heterocycles. The number of hydrogen-bond donors (Lipinski definition) is 0. The molecule has 0 spiro atoms. The summed E-state index contributed by atoms with van der Waals surface area (Å²) in [7, 11) is 0. The molecule has 0 fully saturated rings. The van der Waals surface area contributed by atoms with Gasteiger partial charge >= 0.3 is 0 Å². The van der Waals surface area contributed by atoms with Crippen LogP contribution in [0.25, 0.3) is 0 Å². The van der Waals surface area contributed by atoms with E-state index in [4.69, 9.17) is 4.74 Å². The van der Waals surface area contributed by atoms with Crippen molar-refractivity contribution in [3.63, 3.8) is 0 Å². The quantitative estimate of drug-likeness (QED) is 0.665. The summed E-state index contributed by atoms with van der Waals surface area (Å²) in [5.41, 5.74) is 1.16. The Balaban J connectivity index is 2.82. The van der Waals surface area contributed by atoms with E-state index in [9.17, 15) is 0 Å². The normalized spacial score (nSPS) is 10.3. The van der Waals surface area contributed by atoms with Crippen LogP contribution in [0.5, 0.6) is 5.75 Å². The average molecular weight is 163 g/mol. The second-order valence-corrected chi connectivity index (χ2v) is 2.99. The Morgan fingerprint density at radius 2 is 1.92 bits per heavy atom. The molecule has 0 N–H and O–H groups in total. The van der Waals surface area contributed by atoms with Crippen molar-refractivity contribution in [2.45, 2.75) is 26.9 Å². The SMILES string of the molecule is C[CH]c1ccccc1OC(C)C. The molecule has 1 aromatic carbocycles. The van der Waals surface area contributed by atoms with Gasteiger partial charge in [-0.1, -0.05) is 25.1 Å². The second kappa shape index (κ2) is 4.15. The van der Waals surface area contributed by atoms with Gasteiger partial charge in [0.25, 0.3) is 0 Å².